The average molecular weight is 515 g/mol. The van der Waals surface area contributed by atoms with E-state index in [1.807, 2.05) is 32.0 Å². The molecule has 0 spiro atoms. The number of anilines is 1. The van der Waals surface area contributed by atoms with Crippen molar-refractivity contribution in [1.82, 2.24) is 14.4 Å². The number of hydrogen-bond donors (Lipinski definition) is 1. The minimum absolute atomic E-state index is 0.145. The van der Waals surface area contributed by atoms with Gasteiger partial charge in [0.25, 0.3) is 0 Å². The zero-order chi connectivity index (χ0) is 24.7. The number of carbonyl (C=O) groups is 1. The molecule has 1 aliphatic heterocycles. The van der Waals surface area contributed by atoms with E-state index >= 15 is 0 Å². The van der Waals surface area contributed by atoms with Crippen LogP contribution in [0.4, 0.5) is 5.69 Å². The van der Waals surface area contributed by atoms with Crippen LogP contribution in [0, 0.1) is 26.7 Å². The number of aromatic nitrogens is 2. The monoisotopic (exact) mass is 514 g/mol. The molecule has 0 radical (unpaired) electrons. The summed E-state index contributed by atoms with van der Waals surface area (Å²) in [7, 11) is -3.76. The lowest BCUT2D eigenvalue weighted by atomic mass is 9.85. The van der Waals surface area contributed by atoms with E-state index in [-0.39, 0.29) is 17.3 Å². The van der Waals surface area contributed by atoms with Crippen LogP contribution in [0.2, 0.25) is 0 Å². The molecule has 1 unspecified atom stereocenters. The Kier molecular flexibility index (Phi) is 6.54. The molecule has 1 saturated carbocycles. The van der Waals surface area contributed by atoms with Gasteiger partial charge in [-0.25, -0.2) is 8.42 Å². The van der Waals surface area contributed by atoms with Crippen molar-refractivity contribution < 1.29 is 17.7 Å². The lowest BCUT2D eigenvalue weighted by Gasteiger charge is -2.31. The van der Waals surface area contributed by atoms with Crippen LogP contribution >= 0.6 is 11.3 Å². The van der Waals surface area contributed by atoms with E-state index in [0.717, 1.165) is 29.7 Å². The summed E-state index contributed by atoms with van der Waals surface area (Å²) >= 11 is 1.35. The number of nitrogens with one attached hydrogen (secondary N) is 1. The van der Waals surface area contributed by atoms with Crippen molar-refractivity contribution in [3.63, 3.8) is 0 Å². The second-order valence-electron chi connectivity index (χ2n) is 9.68. The molecule has 1 aromatic carbocycles. The fourth-order valence-electron chi connectivity index (χ4n) is 4.79. The van der Waals surface area contributed by atoms with Crippen molar-refractivity contribution in [3.8, 4) is 10.7 Å². The van der Waals surface area contributed by atoms with E-state index in [9.17, 15) is 13.2 Å². The predicted octanol–water partition coefficient (Wildman–Crippen LogP) is 5.03. The molecule has 1 saturated heterocycles. The number of benzene rings is 1. The van der Waals surface area contributed by atoms with Crippen LogP contribution in [0.1, 0.15) is 59.9 Å². The van der Waals surface area contributed by atoms with Gasteiger partial charge < -0.3 is 9.84 Å². The quantitative estimate of drug-likeness (QED) is 0.495. The number of thiophene rings is 1. The van der Waals surface area contributed by atoms with E-state index in [0.29, 0.717) is 46.8 Å². The fourth-order valence-corrected chi connectivity index (χ4v) is 7.80. The molecule has 1 N–H and O–H groups in total. The van der Waals surface area contributed by atoms with Crippen molar-refractivity contribution in [2.45, 2.75) is 63.7 Å². The summed E-state index contributed by atoms with van der Waals surface area (Å²) in [4.78, 5) is 19.1. The largest absolute Gasteiger partial charge is 0.339 e. The molecule has 8 nitrogen and oxygen atoms in total. The first kappa shape index (κ1) is 24.1. The van der Waals surface area contributed by atoms with Gasteiger partial charge in [0.05, 0.1) is 15.7 Å². The molecular formula is C25H30N4O4S2. The number of piperidine rings is 1. The van der Waals surface area contributed by atoms with E-state index in [1.165, 1.54) is 22.1 Å². The molecule has 0 bridgehead atoms. The lowest BCUT2D eigenvalue weighted by Crippen LogP contribution is -2.43. The Bertz CT molecular complexity index is 1340. The predicted molar refractivity (Wildman–Crippen MR) is 135 cm³/mol. The van der Waals surface area contributed by atoms with Gasteiger partial charge in [0, 0.05) is 29.6 Å². The maximum atomic E-state index is 13.6. The van der Waals surface area contributed by atoms with E-state index in [2.05, 4.69) is 15.5 Å². The summed E-state index contributed by atoms with van der Waals surface area (Å²) in [6.07, 6.45) is 4.57. The Morgan fingerprint density at radius 1 is 1.09 bits per heavy atom. The third-order valence-electron chi connectivity index (χ3n) is 6.85. The van der Waals surface area contributed by atoms with Crippen molar-refractivity contribution >= 4 is 33.0 Å². The average Bonchev–Trinajstić information content (AvgIpc) is 3.39. The third-order valence-corrected chi connectivity index (χ3v) is 10.0. The number of amides is 1. The summed E-state index contributed by atoms with van der Waals surface area (Å²) in [6, 6.07) is 7.54. The molecule has 2 aliphatic rings. The normalized spacial score (nSPS) is 19.5. The number of hydrogen-bond acceptors (Lipinski definition) is 7. The van der Waals surface area contributed by atoms with Crippen molar-refractivity contribution in [2.75, 3.05) is 18.4 Å². The van der Waals surface area contributed by atoms with E-state index in [4.69, 9.17) is 4.52 Å². The number of sulfonamides is 1. The second-order valence-corrected chi connectivity index (χ2v) is 12.8. The molecule has 1 amide bonds. The standard InChI is InChI=1S/C25H30N4O4S2/c1-15-10-16(2)12-20(11-15)26-24(30)19-8-5-9-29(14-19)35(31,32)22-13-21(34-17(22)3)23-27-25(33-28-23)18-6-4-7-18/h10-13,18-19H,4-9,14H2,1-3H3,(H,26,30). The number of carbonyl (C=O) groups excluding carboxylic acids is 1. The Hall–Kier alpha value is -2.56. The van der Waals surface area contributed by atoms with E-state index in [1.54, 1.807) is 13.0 Å². The Morgan fingerprint density at radius 2 is 1.83 bits per heavy atom. The summed E-state index contributed by atoms with van der Waals surface area (Å²) in [5.41, 5.74) is 2.88. The summed E-state index contributed by atoms with van der Waals surface area (Å²) in [6.45, 7) is 6.32. The number of nitrogens with zero attached hydrogens (tertiary/aromatic N) is 3. The molecule has 3 heterocycles. The molecular weight excluding hydrogens is 484 g/mol. The van der Waals surface area contributed by atoms with Gasteiger partial charge in [0.1, 0.15) is 0 Å². The van der Waals surface area contributed by atoms with Crippen molar-refractivity contribution in [3.05, 3.63) is 46.2 Å². The molecule has 1 atom stereocenters. The van der Waals surface area contributed by atoms with Gasteiger partial charge in [0.15, 0.2) is 0 Å². The van der Waals surface area contributed by atoms with Crippen LogP contribution in [0.5, 0.6) is 0 Å². The molecule has 5 rings (SSSR count). The van der Waals surface area contributed by atoms with Gasteiger partial charge in [-0.2, -0.15) is 9.29 Å². The van der Waals surface area contributed by atoms with Crippen LogP contribution in [-0.2, 0) is 14.8 Å². The number of aryl methyl sites for hydroxylation is 3. The molecule has 1 aliphatic carbocycles. The highest BCUT2D eigenvalue weighted by Gasteiger charge is 2.35. The minimum atomic E-state index is -3.76. The first-order chi connectivity index (χ1) is 16.7. The van der Waals surface area contributed by atoms with Gasteiger partial charge in [0.2, 0.25) is 27.6 Å². The molecule has 186 valence electrons. The minimum Gasteiger partial charge on any atom is -0.339 e. The van der Waals surface area contributed by atoms with E-state index < -0.39 is 15.9 Å². The Labute approximate surface area is 209 Å². The number of rotatable bonds is 6. The van der Waals surface area contributed by atoms with Gasteiger partial charge in [-0.05, 0) is 75.8 Å². The highest BCUT2D eigenvalue weighted by Crippen LogP contribution is 2.38. The zero-order valence-corrected chi connectivity index (χ0v) is 21.8. The van der Waals surface area contributed by atoms with Crippen LogP contribution in [0.15, 0.2) is 33.7 Å². The van der Waals surface area contributed by atoms with Crippen LogP contribution in [0.3, 0.4) is 0 Å². The molecule has 2 aromatic heterocycles. The summed E-state index contributed by atoms with van der Waals surface area (Å²) < 4.78 is 34.0. The molecule has 10 heteroatoms. The van der Waals surface area contributed by atoms with Gasteiger partial charge >= 0.3 is 0 Å². The van der Waals surface area contributed by atoms with Crippen LogP contribution < -0.4 is 5.32 Å². The summed E-state index contributed by atoms with van der Waals surface area (Å²) in [5, 5.41) is 7.07. The smallest absolute Gasteiger partial charge is 0.244 e. The highest BCUT2D eigenvalue weighted by atomic mass is 32.2. The molecule has 35 heavy (non-hydrogen) atoms. The Morgan fingerprint density at radius 3 is 2.51 bits per heavy atom. The molecule has 2 fully saturated rings. The maximum Gasteiger partial charge on any atom is 0.244 e. The van der Waals surface area contributed by atoms with Gasteiger partial charge in [-0.3, -0.25) is 4.79 Å². The lowest BCUT2D eigenvalue weighted by molar-refractivity contribution is -0.120. The SMILES string of the molecule is Cc1cc(C)cc(NC(=O)C2CCCN(S(=O)(=O)c3cc(-c4noc(C5CCC5)n4)sc3C)C2)c1. The van der Waals surface area contributed by atoms with Crippen LogP contribution in [-0.4, -0.2) is 41.9 Å². The highest BCUT2D eigenvalue weighted by molar-refractivity contribution is 7.89. The Balaban J connectivity index is 1.32. The molecule has 3 aromatic rings. The van der Waals surface area contributed by atoms with Crippen molar-refractivity contribution in [2.24, 2.45) is 5.92 Å². The second kappa shape index (κ2) is 9.48. The van der Waals surface area contributed by atoms with Gasteiger partial charge in [-0.1, -0.05) is 17.6 Å². The fraction of sp³-hybridized carbons (Fsp3) is 0.480. The maximum absolute atomic E-state index is 13.6. The van der Waals surface area contributed by atoms with Crippen LogP contribution in [0.25, 0.3) is 10.7 Å². The zero-order valence-electron chi connectivity index (χ0n) is 20.2. The first-order valence-corrected chi connectivity index (χ1v) is 14.3. The summed E-state index contributed by atoms with van der Waals surface area (Å²) in [5.74, 6) is 0.842. The van der Waals surface area contributed by atoms with Gasteiger partial charge in [-0.15, -0.1) is 11.3 Å². The first-order valence-electron chi connectivity index (χ1n) is 12.0. The van der Waals surface area contributed by atoms with Crippen molar-refractivity contribution in [1.29, 1.82) is 0 Å². The topological polar surface area (TPSA) is 105 Å². The third kappa shape index (κ3) is 4.92.